The Labute approximate surface area is 155 Å². The number of anilines is 3. The van der Waals surface area contributed by atoms with E-state index < -0.39 is 0 Å². The van der Waals surface area contributed by atoms with E-state index in [0.717, 1.165) is 5.69 Å². The molecule has 1 aromatic heterocycles. The molecule has 0 atom stereocenters. The molecule has 0 radical (unpaired) electrons. The highest BCUT2D eigenvalue weighted by Gasteiger charge is 2.08. The van der Waals surface area contributed by atoms with Crippen LogP contribution >= 0.6 is 11.6 Å². The number of nitrogens with one attached hydrogen (secondary N) is 2. The lowest BCUT2D eigenvalue weighted by molar-refractivity contribution is 0.101. The smallest absolute Gasteiger partial charge is 0.256 e. The van der Waals surface area contributed by atoms with Crippen molar-refractivity contribution in [3.8, 4) is 0 Å². The fourth-order valence-corrected chi connectivity index (χ4v) is 2.35. The summed E-state index contributed by atoms with van der Waals surface area (Å²) in [5.41, 5.74) is 1.80. The summed E-state index contributed by atoms with van der Waals surface area (Å²) in [6.07, 6.45) is 0. The van der Waals surface area contributed by atoms with Gasteiger partial charge in [0.05, 0.1) is 0 Å². The van der Waals surface area contributed by atoms with E-state index in [4.69, 9.17) is 11.6 Å². The van der Waals surface area contributed by atoms with E-state index in [1.54, 1.807) is 54.6 Å². The van der Waals surface area contributed by atoms with Gasteiger partial charge in [0.1, 0.15) is 0 Å². The fraction of sp³-hybridized carbons (Fsp3) is 0.0526. The standard InChI is InChI=1S/C19H15ClN4O2/c1-12(25)14-3-2-4-16(11-14)21-17-9-10-18(24-23-17)22-19(26)13-5-7-15(20)8-6-13/h2-11H,1H3,(H,21,23)(H,22,24,26). The molecule has 26 heavy (non-hydrogen) atoms. The molecule has 0 unspecified atom stereocenters. The predicted octanol–water partition coefficient (Wildman–Crippen LogP) is 4.33. The van der Waals surface area contributed by atoms with Crippen molar-refractivity contribution in [1.29, 1.82) is 0 Å². The summed E-state index contributed by atoms with van der Waals surface area (Å²) in [5.74, 6) is 0.508. The maximum absolute atomic E-state index is 12.1. The van der Waals surface area contributed by atoms with Gasteiger partial charge in [-0.25, -0.2) is 0 Å². The number of hydrogen-bond donors (Lipinski definition) is 2. The van der Waals surface area contributed by atoms with Gasteiger partial charge < -0.3 is 10.6 Å². The first-order valence-corrected chi connectivity index (χ1v) is 8.18. The molecule has 0 aliphatic heterocycles. The van der Waals surface area contributed by atoms with Gasteiger partial charge in [-0.2, -0.15) is 0 Å². The van der Waals surface area contributed by atoms with Crippen LogP contribution in [-0.2, 0) is 0 Å². The van der Waals surface area contributed by atoms with Gasteiger partial charge in [0, 0.05) is 21.8 Å². The number of nitrogens with zero attached hydrogens (tertiary/aromatic N) is 2. The molecule has 0 fully saturated rings. The maximum atomic E-state index is 12.1. The fourth-order valence-electron chi connectivity index (χ4n) is 2.22. The van der Waals surface area contributed by atoms with E-state index in [1.807, 2.05) is 6.07 Å². The van der Waals surface area contributed by atoms with E-state index in [1.165, 1.54) is 6.92 Å². The van der Waals surface area contributed by atoms with Gasteiger partial charge in [0.15, 0.2) is 17.4 Å². The Morgan fingerprint density at radius 2 is 1.58 bits per heavy atom. The van der Waals surface area contributed by atoms with Crippen molar-refractivity contribution in [2.75, 3.05) is 10.6 Å². The molecular formula is C19H15ClN4O2. The Bertz CT molecular complexity index is 941. The summed E-state index contributed by atoms with van der Waals surface area (Å²) in [7, 11) is 0. The molecule has 2 aromatic carbocycles. The molecule has 2 N–H and O–H groups in total. The molecule has 7 heteroatoms. The zero-order valence-corrected chi connectivity index (χ0v) is 14.6. The minimum Gasteiger partial charge on any atom is -0.339 e. The first kappa shape index (κ1) is 17.6. The number of Topliss-reactive ketones (excluding diaryl/α,β-unsaturated/α-hetero) is 1. The van der Waals surface area contributed by atoms with Gasteiger partial charge in [0.25, 0.3) is 5.91 Å². The van der Waals surface area contributed by atoms with Gasteiger partial charge >= 0.3 is 0 Å². The molecule has 3 rings (SSSR count). The van der Waals surface area contributed by atoms with Crippen molar-refractivity contribution < 1.29 is 9.59 Å². The van der Waals surface area contributed by atoms with Crippen molar-refractivity contribution in [1.82, 2.24) is 10.2 Å². The van der Waals surface area contributed by atoms with Crippen molar-refractivity contribution >= 4 is 40.6 Å². The Kier molecular flexibility index (Phi) is 5.24. The third-order valence-corrected chi connectivity index (χ3v) is 3.81. The van der Waals surface area contributed by atoms with Crippen LogP contribution in [0.2, 0.25) is 5.02 Å². The molecule has 0 aliphatic carbocycles. The lowest BCUT2D eigenvalue weighted by Gasteiger charge is -2.07. The van der Waals surface area contributed by atoms with Gasteiger partial charge in [-0.1, -0.05) is 23.7 Å². The number of aromatic nitrogens is 2. The number of benzene rings is 2. The second kappa shape index (κ2) is 7.76. The number of amides is 1. The van der Waals surface area contributed by atoms with Crippen molar-refractivity contribution in [3.63, 3.8) is 0 Å². The Morgan fingerprint density at radius 3 is 2.23 bits per heavy atom. The third kappa shape index (κ3) is 4.43. The maximum Gasteiger partial charge on any atom is 0.256 e. The minimum atomic E-state index is -0.300. The van der Waals surface area contributed by atoms with Crippen LogP contribution in [0.25, 0.3) is 0 Å². The number of rotatable bonds is 5. The predicted molar refractivity (Wildman–Crippen MR) is 101 cm³/mol. The van der Waals surface area contributed by atoms with Crippen LogP contribution < -0.4 is 10.6 Å². The van der Waals surface area contributed by atoms with E-state index in [-0.39, 0.29) is 11.7 Å². The largest absolute Gasteiger partial charge is 0.339 e. The van der Waals surface area contributed by atoms with Crippen LogP contribution in [-0.4, -0.2) is 21.9 Å². The highest BCUT2D eigenvalue weighted by atomic mass is 35.5. The van der Waals surface area contributed by atoms with E-state index in [0.29, 0.717) is 27.8 Å². The normalized spacial score (nSPS) is 10.2. The third-order valence-electron chi connectivity index (χ3n) is 3.55. The van der Waals surface area contributed by atoms with Crippen LogP contribution in [0.5, 0.6) is 0 Å². The highest BCUT2D eigenvalue weighted by Crippen LogP contribution is 2.17. The molecule has 130 valence electrons. The van der Waals surface area contributed by atoms with Crippen molar-refractivity contribution in [2.24, 2.45) is 0 Å². The SMILES string of the molecule is CC(=O)c1cccc(Nc2ccc(NC(=O)c3ccc(Cl)cc3)nn2)c1. The molecule has 0 saturated carbocycles. The second-order valence-corrected chi connectivity index (χ2v) is 5.96. The molecule has 0 aliphatic rings. The number of halogens is 1. The summed E-state index contributed by atoms with van der Waals surface area (Å²) in [5, 5.41) is 14.3. The van der Waals surface area contributed by atoms with E-state index >= 15 is 0 Å². The average Bonchev–Trinajstić information content (AvgIpc) is 2.64. The molecule has 1 amide bonds. The van der Waals surface area contributed by atoms with Crippen LogP contribution in [0, 0.1) is 0 Å². The second-order valence-electron chi connectivity index (χ2n) is 5.53. The molecule has 3 aromatic rings. The first-order chi connectivity index (χ1) is 12.5. The van der Waals surface area contributed by atoms with Gasteiger partial charge in [-0.3, -0.25) is 9.59 Å². The monoisotopic (exact) mass is 366 g/mol. The first-order valence-electron chi connectivity index (χ1n) is 7.80. The summed E-state index contributed by atoms with van der Waals surface area (Å²) in [6, 6.07) is 17.0. The van der Waals surface area contributed by atoms with Crippen LogP contribution in [0.4, 0.5) is 17.3 Å². The molecule has 0 spiro atoms. The van der Waals surface area contributed by atoms with Gasteiger partial charge in [-0.05, 0) is 55.5 Å². The summed E-state index contributed by atoms with van der Waals surface area (Å²) in [6.45, 7) is 1.51. The molecule has 0 bridgehead atoms. The minimum absolute atomic E-state index is 0.0139. The highest BCUT2D eigenvalue weighted by molar-refractivity contribution is 6.30. The van der Waals surface area contributed by atoms with Crippen molar-refractivity contribution in [3.05, 3.63) is 76.8 Å². The molecular weight excluding hydrogens is 352 g/mol. The number of carbonyl (C=O) groups excluding carboxylic acids is 2. The Morgan fingerprint density at radius 1 is 0.885 bits per heavy atom. The Balaban J connectivity index is 1.66. The number of hydrogen-bond acceptors (Lipinski definition) is 5. The molecule has 6 nitrogen and oxygen atoms in total. The van der Waals surface area contributed by atoms with Gasteiger partial charge in [0.2, 0.25) is 0 Å². The number of carbonyl (C=O) groups is 2. The van der Waals surface area contributed by atoms with Crippen LogP contribution in [0.15, 0.2) is 60.7 Å². The molecule has 1 heterocycles. The Hall–Kier alpha value is -3.25. The quantitative estimate of drug-likeness (QED) is 0.656. The summed E-state index contributed by atoms with van der Waals surface area (Å²) < 4.78 is 0. The van der Waals surface area contributed by atoms with E-state index in [2.05, 4.69) is 20.8 Å². The summed E-state index contributed by atoms with van der Waals surface area (Å²) >= 11 is 5.81. The van der Waals surface area contributed by atoms with Crippen LogP contribution in [0.3, 0.4) is 0 Å². The average molecular weight is 367 g/mol. The van der Waals surface area contributed by atoms with Gasteiger partial charge in [-0.15, -0.1) is 10.2 Å². The van der Waals surface area contributed by atoms with E-state index in [9.17, 15) is 9.59 Å². The van der Waals surface area contributed by atoms with Crippen LogP contribution in [0.1, 0.15) is 27.6 Å². The number of ketones is 1. The molecule has 0 saturated heterocycles. The topological polar surface area (TPSA) is 84.0 Å². The lowest BCUT2D eigenvalue weighted by atomic mass is 10.1. The zero-order chi connectivity index (χ0) is 18.5. The van der Waals surface area contributed by atoms with Crippen molar-refractivity contribution in [2.45, 2.75) is 6.92 Å². The summed E-state index contributed by atoms with van der Waals surface area (Å²) in [4.78, 5) is 23.6. The lowest BCUT2D eigenvalue weighted by Crippen LogP contribution is -2.13. The zero-order valence-electron chi connectivity index (χ0n) is 13.9.